The molecule has 0 unspecified atom stereocenters. The largest absolute Gasteiger partial charge is 0.329 e. The Labute approximate surface area is 117 Å². The number of benzene rings is 1. The molecule has 0 aromatic heterocycles. The summed E-state index contributed by atoms with van der Waals surface area (Å²) in [4.78, 5) is -0.0398. The van der Waals surface area contributed by atoms with Crippen molar-refractivity contribution in [3.63, 3.8) is 0 Å². The van der Waals surface area contributed by atoms with Crippen molar-refractivity contribution in [2.75, 3.05) is 6.54 Å². The Morgan fingerprint density at radius 3 is 2.53 bits per heavy atom. The van der Waals surface area contributed by atoms with Gasteiger partial charge in [-0.3, -0.25) is 0 Å². The van der Waals surface area contributed by atoms with Gasteiger partial charge in [-0.25, -0.2) is 13.1 Å². The lowest BCUT2D eigenvalue weighted by atomic mass is 10.4. The molecule has 0 aliphatic rings. The van der Waals surface area contributed by atoms with Crippen LogP contribution in [-0.4, -0.2) is 21.0 Å². The highest BCUT2D eigenvalue weighted by atomic mass is 35.5. The molecule has 1 aromatic rings. The number of nitrogens with two attached hydrogens (primary N) is 1. The van der Waals surface area contributed by atoms with E-state index >= 15 is 0 Å². The summed E-state index contributed by atoms with van der Waals surface area (Å²) in [6.45, 7) is 1.87. The summed E-state index contributed by atoms with van der Waals surface area (Å²) in [5, 5.41) is 0.436. The molecule has 1 rings (SSSR count). The molecule has 0 bridgehead atoms. The molecular weight excluding hydrogens is 307 g/mol. The van der Waals surface area contributed by atoms with Crippen molar-refractivity contribution in [2.24, 2.45) is 5.73 Å². The van der Waals surface area contributed by atoms with Crippen LogP contribution in [0, 0.1) is 0 Å². The first-order valence-electron chi connectivity index (χ1n) is 4.54. The van der Waals surface area contributed by atoms with Crippen molar-refractivity contribution in [1.82, 2.24) is 4.72 Å². The number of nitrogens with one attached hydrogen (secondary N) is 1. The second-order valence-electron chi connectivity index (χ2n) is 3.33. The minimum atomic E-state index is -3.67. The fraction of sp³-hybridized carbons (Fsp3) is 0.333. The van der Waals surface area contributed by atoms with E-state index < -0.39 is 10.0 Å². The first kappa shape index (κ1) is 17.0. The van der Waals surface area contributed by atoms with Gasteiger partial charge in [-0.1, -0.05) is 23.2 Å². The van der Waals surface area contributed by atoms with E-state index in [0.29, 0.717) is 5.02 Å². The average molecular weight is 320 g/mol. The molecule has 1 atom stereocenters. The van der Waals surface area contributed by atoms with E-state index in [-0.39, 0.29) is 34.9 Å². The fourth-order valence-corrected chi connectivity index (χ4v) is 3.08. The zero-order valence-electron chi connectivity index (χ0n) is 8.98. The number of halogens is 3. The van der Waals surface area contributed by atoms with Crippen LogP contribution in [0.15, 0.2) is 23.1 Å². The van der Waals surface area contributed by atoms with Gasteiger partial charge in [-0.2, -0.15) is 0 Å². The van der Waals surface area contributed by atoms with Crippen LogP contribution in [0.4, 0.5) is 0 Å². The van der Waals surface area contributed by atoms with Crippen molar-refractivity contribution in [3.05, 3.63) is 28.2 Å². The maximum atomic E-state index is 11.9. The summed E-state index contributed by atoms with van der Waals surface area (Å²) >= 11 is 11.5. The van der Waals surface area contributed by atoms with Crippen molar-refractivity contribution >= 4 is 45.6 Å². The smallest absolute Gasteiger partial charge is 0.242 e. The predicted octanol–water partition coefficient (Wildman–Crippen LogP) is 2.04. The average Bonchev–Trinajstić information content (AvgIpc) is 2.20. The standard InChI is InChI=1S/C9H12Cl2N2O2S.ClH/c1-6(5-12)13-16(14,15)9-4-7(10)2-3-8(9)11;/h2-4,6,13H,5,12H2,1H3;1H/t6-;/m0./s1. The van der Waals surface area contributed by atoms with Crippen molar-refractivity contribution in [3.8, 4) is 0 Å². The van der Waals surface area contributed by atoms with E-state index in [2.05, 4.69) is 4.72 Å². The second-order valence-corrected chi connectivity index (χ2v) is 5.86. The molecule has 0 heterocycles. The Kier molecular flexibility index (Phi) is 6.76. The van der Waals surface area contributed by atoms with Gasteiger partial charge in [0.1, 0.15) is 4.90 Å². The van der Waals surface area contributed by atoms with Gasteiger partial charge in [0.2, 0.25) is 10.0 Å². The molecule has 1 aromatic carbocycles. The highest BCUT2D eigenvalue weighted by Gasteiger charge is 2.20. The Bertz CT molecular complexity index is 479. The number of hydrogen-bond donors (Lipinski definition) is 2. The third-order valence-electron chi connectivity index (χ3n) is 1.89. The van der Waals surface area contributed by atoms with E-state index in [1.807, 2.05) is 0 Å². The Hall–Kier alpha value is -0.0400. The van der Waals surface area contributed by atoms with E-state index in [0.717, 1.165) is 0 Å². The molecule has 98 valence electrons. The first-order valence-corrected chi connectivity index (χ1v) is 6.78. The highest BCUT2D eigenvalue weighted by molar-refractivity contribution is 7.89. The Morgan fingerprint density at radius 1 is 1.41 bits per heavy atom. The SMILES string of the molecule is C[C@@H](CN)NS(=O)(=O)c1cc(Cl)ccc1Cl.Cl. The van der Waals surface area contributed by atoms with Gasteiger partial charge in [0.25, 0.3) is 0 Å². The van der Waals surface area contributed by atoms with E-state index in [9.17, 15) is 8.42 Å². The van der Waals surface area contributed by atoms with Crippen LogP contribution in [0.1, 0.15) is 6.92 Å². The molecule has 0 aliphatic carbocycles. The van der Waals surface area contributed by atoms with Crippen molar-refractivity contribution < 1.29 is 8.42 Å². The topological polar surface area (TPSA) is 72.2 Å². The van der Waals surface area contributed by atoms with Gasteiger partial charge in [-0.15, -0.1) is 12.4 Å². The molecule has 0 spiro atoms. The van der Waals surface area contributed by atoms with E-state index in [1.165, 1.54) is 18.2 Å². The summed E-state index contributed by atoms with van der Waals surface area (Å²) in [5.74, 6) is 0. The monoisotopic (exact) mass is 318 g/mol. The number of hydrogen-bond acceptors (Lipinski definition) is 3. The van der Waals surface area contributed by atoms with Crippen LogP contribution in [0.3, 0.4) is 0 Å². The van der Waals surface area contributed by atoms with E-state index in [1.54, 1.807) is 6.92 Å². The van der Waals surface area contributed by atoms with Crippen LogP contribution < -0.4 is 10.5 Å². The molecule has 0 saturated heterocycles. The molecule has 3 N–H and O–H groups in total. The second kappa shape index (κ2) is 6.78. The van der Waals surface area contributed by atoms with Gasteiger partial charge < -0.3 is 5.73 Å². The molecule has 0 saturated carbocycles. The van der Waals surface area contributed by atoms with Crippen LogP contribution >= 0.6 is 35.6 Å². The maximum absolute atomic E-state index is 11.9. The molecule has 17 heavy (non-hydrogen) atoms. The molecule has 4 nitrogen and oxygen atoms in total. The van der Waals surface area contributed by atoms with Gasteiger partial charge in [0, 0.05) is 17.6 Å². The molecule has 8 heteroatoms. The summed E-state index contributed by atoms with van der Waals surface area (Å²) < 4.78 is 26.1. The summed E-state index contributed by atoms with van der Waals surface area (Å²) in [6.07, 6.45) is 0. The third kappa shape index (κ3) is 4.62. The molecule has 0 radical (unpaired) electrons. The van der Waals surface area contributed by atoms with Crippen LogP contribution in [0.25, 0.3) is 0 Å². The quantitative estimate of drug-likeness (QED) is 0.892. The Balaban J connectivity index is 0.00000256. The lowest BCUT2D eigenvalue weighted by Crippen LogP contribution is -2.37. The van der Waals surface area contributed by atoms with Crippen molar-refractivity contribution in [2.45, 2.75) is 17.9 Å². The fourth-order valence-electron chi connectivity index (χ4n) is 1.06. The number of sulfonamides is 1. The zero-order chi connectivity index (χ0) is 12.3. The van der Waals surface area contributed by atoms with Gasteiger partial charge in [0.15, 0.2) is 0 Å². The summed E-state index contributed by atoms with van der Waals surface area (Å²) in [7, 11) is -3.67. The van der Waals surface area contributed by atoms with Crippen LogP contribution in [0.5, 0.6) is 0 Å². The summed E-state index contributed by atoms with van der Waals surface area (Å²) in [6, 6.07) is 3.90. The minimum absolute atomic E-state index is 0. The normalized spacial score (nSPS) is 12.9. The molecule has 0 fully saturated rings. The minimum Gasteiger partial charge on any atom is -0.329 e. The molecule has 0 amide bonds. The first-order chi connectivity index (χ1) is 7.36. The van der Waals surface area contributed by atoms with Crippen molar-refractivity contribution in [1.29, 1.82) is 0 Å². The lowest BCUT2D eigenvalue weighted by molar-refractivity contribution is 0.563. The number of rotatable bonds is 4. The van der Waals surface area contributed by atoms with Crippen LogP contribution in [0.2, 0.25) is 10.0 Å². The van der Waals surface area contributed by atoms with Gasteiger partial charge in [-0.05, 0) is 25.1 Å². The van der Waals surface area contributed by atoms with Gasteiger partial charge in [0.05, 0.1) is 5.02 Å². The lowest BCUT2D eigenvalue weighted by Gasteiger charge is -2.13. The zero-order valence-corrected chi connectivity index (χ0v) is 12.1. The third-order valence-corrected chi connectivity index (χ3v) is 4.20. The van der Waals surface area contributed by atoms with E-state index in [4.69, 9.17) is 28.9 Å². The highest BCUT2D eigenvalue weighted by Crippen LogP contribution is 2.24. The predicted molar refractivity (Wildman–Crippen MR) is 72.5 cm³/mol. The summed E-state index contributed by atoms with van der Waals surface area (Å²) in [5.41, 5.74) is 5.34. The Morgan fingerprint density at radius 2 is 2.00 bits per heavy atom. The molecular formula is C9H13Cl3N2O2S. The van der Waals surface area contributed by atoms with Crippen LogP contribution in [-0.2, 0) is 10.0 Å². The van der Waals surface area contributed by atoms with Gasteiger partial charge >= 0.3 is 0 Å². The molecule has 0 aliphatic heterocycles. The maximum Gasteiger partial charge on any atom is 0.242 e.